The van der Waals surface area contributed by atoms with Gasteiger partial charge in [-0.05, 0) is 99.2 Å². The minimum Gasteiger partial charge on any atom is -0.390 e. The standard InChI is InChI=1S/C25H37ClN2O2/c1-23(30)10-11-24(2)16(12-23)4-5-18-19-6-7-21(25(19,3)9-8-20(18)24)22(29)15-28-14-17(26)13-27-28/h13-14,16,18-21,30H,4-12,15H2,1-3H3/t16-,18-,19-,20-,21+,23+,24-,25-/m0/s1. The number of aromatic nitrogens is 2. The molecule has 4 saturated carbocycles. The Kier molecular flexibility index (Phi) is 4.95. The van der Waals surface area contributed by atoms with Crippen LogP contribution in [0.4, 0.5) is 0 Å². The molecule has 0 aliphatic heterocycles. The van der Waals surface area contributed by atoms with Crippen molar-refractivity contribution < 1.29 is 9.90 Å². The molecule has 1 aromatic heterocycles. The lowest BCUT2D eigenvalue weighted by molar-refractivity contribution is -0.151. The van der Waals surface area contributed by atoms with Crippen LogP contribution in [0, 0.1) is 40.4 Å². The van der Waals surface area contributed by atoms with E-state index in [1.54, 1.807) is 17.1 Å². The molecule has 4 nitrogen and oxygen atoms in total. The Morgan fingerprint density at radius 3 is 2.60 bits per heavy atom. The van der Waals surface area contributed by atoms with Crippen LogP contribution in [0.1, 0.15) is 78.6 Å². The van der Waals surface area contributed by atoms with Gasteiger partial charge in [-0.25, -0.2) is 0 Å². The van der Waals surface area contributed by atoms with Crippen LogP contribution in [-0.4, -0.2) is 26.3 Å². The normalized spacial score (nSPS) is 48.0. The van der Waals surface area contributed by atoms with Gasteiger partial charge in [-0.15, -0.1) is 0 Å². The van der Waals surface area contributed by atoms with Crippen LogP contribution in [0.25, 0.3) is 0 Å². The zero-order valence-electron chi connectivity index (χ0n) is 18.7. The Hall–Kier alpha value is -0.870. The van der Waals surface area contributed by atoms with Crippen LogP contribution in [-0.2, 0) is 11.3 Å². The monoisotopic (exact) mass is 432 g/mol. The van der Waals surface area contributed by atoms with Gasteiger partial charge in [0, 0.05) is 12.1 Å². The summed E-state index contributed by atoms with van der Waals surface area (Å²) in [6.07, 6.45) is 13.7. The van der Waals surface area contributed by atoms with Crippen LogP contribution >= 0.6 is 11.6 Å². The van der Waals surface area contributed by atoms with Crippen molar-refractivity contribution in [1.82, 2.24) is 9.78 Å². The number of hydrogen-bond acceptors (Lipinski definition) is 3. The molecule has 0 radical (unpaired) electrons. The third-order valence-electron chi connectivity index (χ3n) is 10.3. The Balaban J connectivity index is 1.34. The van der Waals surface area contributed by atoms with Crippen molar-refractivity contribution in [3.05, 3.63) is 17.4 Å². The Morgan fingerprint density at radius 1 is 1.10 bits per heavy atom. The highest BCUT2D eigenvalue weighted by molar-refractivity contribution is 6.30. The molecule has 0 unspecified atom stereocenters. The van der Waals surface area contributed by atoms with Crippen LogP contribution in [0.3, 0.4) is 0 Å². The summed E-state index contributed by atoms with van der Waals surface area (Å²) < 4.78 is 1.70. The van der Waals surface area contributed by atoms with E-state index in [4.69, 9.17) is 11.6 Å². The summed E-state index contributed by atoms with van der Waals surface area (Å²) in [6.45, 7) is 7.34. The number of carbonyl (C=O) groups is 1. The van der Waals surface area contributed by atoms with E-state index in [0.29, 0.717) is 34.6 Å². The molecule has 1 heterocycles. The van der Waals surface area contributed by atoms with E-state index < -0.39 is 5.60 Å². The Morgan fingerprint density at radius 2 is 1.87 bits per heavy atom. The molecule has 5 rings (SSSR count). The van der Waals surface area contributed by atoms with Crippen LogP contribution in [0.15, 0.2) is 12.4 Å². The van der Waals surface area contributed by atoms with Crippen molar-refractivity contribution >= 4 is 17.4 Å². The largest absolute Gasteiger partial charge is 0.390 e. The zero-order chi connectivity index (χ0) is 21.3. The smallest absolute Gasteiger partial charge is 0.157 e. The topological polar surface area (TPSA) is 55.1 Å². The summed E-state index contributed by atoms with van der Waals surface area (Å²) in [4.78, 5) is 13.3. The number of halogens is 1. The highest BCUT2D eigenvalue weighted by Crippen LogP contribution is 2.68. The molecule has 0 aromatic carbocycles. The van der Waals surface area contributed by atoms with Crippen LogP contribution in [0.2, 0.25) is 5.02 Å². The fourth-order valence-corrected chi connectivity index (χ4v) is 8.81. The molecule has 4 aliphatic carbocycles. The molecule has 1 aromatic rings. The van der Waals surface area contributed by atoms with Gasteiger partial charge in [0.15, 0.2) is 5.78 Å². The molecule has 0 spiro atoms. The number of ketones is 1. The zero-order valence-corrected chi connectivity index (χ0v) is 19.5. The number of hydrogen-bond donors (Lipinski definition) is 1. The molecule has 5 heteroatoms. The van der Waals surface area contributed by atoms with Gasteiger partial charge in [-0.2, -0.15) is 5.10 Å². The summed E-state index contributed by atoms with van der Waals surface area (Å²) >= 11 is 5.99. The third kappa shape index (κ3) is 3.20. The Labute approximate surface area is 185 Å². The first kappa shape index (κ1) is 21.0. The first-order valence-corrected chi connectivity index (χ1v) is 12.4. The molecule has 0 amide bonds. The van der Waals surface area contributed by atoms with Gasteiger partial charge in [0.1, 0.15) is 0 Å². The van der Waals surface area contributed by atoms with Crippen molar-refractivity contribution in [2.45, 2.75) is 90.7 Å². The minimum absolute atomic E-state index is 0.137. The first-order chi connectivity index (χ1) is 14.1. The maximum Gasteiger partial charge on any atom is 0.157 e. The van der Waals surface area contributed by atoms with Crippen molar-refractivity contribution in [1.29, 1.82) is 0 Å². The van der Waals surface area contributed by atoms with E-state index in [9.17, 15) is 9.90 Å². The Bertz CT molecular complexity index is 835. The lowest BCUT2D eigenvalue weighted by Gasteiger charge is -2.61. The van der Waals surface area contributed by atoms with E-state index in [1.807, 2.05) is 6.92 Å². The van der Waals surface area contributed by atoms with Gasteiger partial charge < -0.3 is 5.11 Å². The molecule has 0 bridgehead atoms. The van der Waals surface area contributed by atoms with Crippen LogP contribution in [0.5, 0.6) is 0 Å². The number of Topliss-reactive ketones (excluding diaryl/α,β-unsaturated/α-hetero) is 1. The first-order valence-electron chi connectivity index (χ1n) is 12.1. The van der Waals surface area contributed by atoms with Crippen molar-refractivity contribution in [3.63, 3.8) is 0 Å². The van der Waals surface area contributed by atoms with Gasteiger partial charge in [-0.1, -0.05) is 25.4 Å². The number of rotatable bonds is 3. The van der Waals surface area contributed by atoms with Gasteiger partial charge in [-0.3, -0.25) is 9.48 Å². The molecule has 1 N–H and O–H groups in total. The molecule has 4 fully saturated rings. The maximum atomic E-state index is 13.3. The fraction of sp³-hybridized carbons (Fsp3) is 0.840. The van der Waals surface area contributed by atoms with Gasteiger partial charge in [0.05, 0.1) is 23.4 Å². The highest BCUT2D eigenvalue weighted by atomic mass is 35.5. The molecule has 0 saturated heterocycles. The number of carbonyl (C=O) groups excluding carboxylic acids is 1. The second-order valence-corrected chi connectivity index (χ2v) is 12.3. The van der Waals surface area contributed by atoms with E-state index in [2.05, 4.69) is 18.9 Å². The molecule has 166 valence electrons. The van der Waals surface area contributed by atoms with Gasteiger partial charge in [0.25, 0.3) is 0 Å². The quantitative estimate of drug-likeness (QED) is 0.684. The average Bonchev–Trinajstić information content (AvgIpc) is 3.24. The molecular weight excluding hydrogens is 396 g/mol. The predicted molar refractivity (Wildman–Crippen MR) is 118 cm³/mol. The maximum absolute atomic E-state index is 13.3. The summed E-state index contributed by atoms with van der Waals surface area (Å²) in [7, 11) is 0. The minimum atomic E-state index is -0.472. The van der Waals surface area contributed by atoms with E-state index >= 15 is 0 Å². The SMILES string of the molecule is C[C@@]1(O)CC[C@@]2(C)[C@@H](CC[C@@H]3[C@@H]2CC[C@]2(C)[C@@H](C(=O)Cn4cc(Cl)cn4)CC[C@@H]32)C1. The predicted octanol–water partition coefficient (Wildman–Crippen LogP) is 5.52. The number of nitrogens with zero attached hydrogens (tertiary/aromatic N) is 2. The number of aliphatic hydroxyl groups is 1. The fourth-order valence-electron chi connectivity index (χ4n) is 8.65. The van der Waals surface area contributed by atoms with Gasteiger partial charge >= 0.3 is 0 Å². The molecule has 8 atom stereocenters. The van der Waals surface area contributed by atoms with E-state index in [1.165, 1.54) is 32.1 Å². The van der Waals surface area contributed by atoms with Crippen molar-refractivity contribution in [2.75, 3.05) is 0 Å². The highest BCUT2D eigenvalue weighted by Gasteiger charge is 2.61. The average molecular weight is 433 g/mol. The van der Waals surface area contributed by atoms with Gasteiger partial charge in [0.2, 0.25) is 0 Å². The summed E-state index contributed by atoms with van der Waals surface area (Å²) in [5, 5.41) is 15.5. The second kappa shape index (κ2) is 7.07. The summed E-state index contributed by atoms with van der Waals surface area (Å²) in [6, 6.07) is 0. The molecule has 4 aliphatic rings. The van der Waals surface area contributed by atoms with E-state index in [-0.39, 0.29) is 11.3 Å². The second-order valence-electron chi connectivity index (χ2n) is 11.9. The summed E-state index contributed by atoms with van der Waals surface area (Å²) in [5.74, 6) is 3.35. The summed E-state index contributed by atoms with van der Waals surface area (Å²) in [5.41, 5.74) is 0.0411. The lowest BCUT2D eigenvalue weighted by atomic mass is 9.44. The molecule has 30 heavy (non-hydrogen) atoms. The molecular formula is C25H37ClN2O2. The van der Waals surface area contributed by atoms with E-state index in [0.717, 1.165) is 37.5 Å². The van der Waals surface area contributed by atoms with Crippen molar-refractivity contribution in [3.8, 4) is 0 Å². The number of fused-ring (bicyclic) bond motifs is 5. The van der Waals surface area contributed by atoms with Crippen molar-refractivity contribution in [2.24, 2.45) is 40.4 Å². The lowest BCUT2D eigenvalue weighted by Crippen LogP contribution is -2.55. The third-order valence-corrected chi connectivity index (χ3v) is 10.5. The van der Waals surface area contributed by atoms with Crippen LogP contribution < -0.4 is 0 Å².